The van der Waals surface area contributed by atoms with Crippen LogP contribution in [0.4, 0.5) is 0 Å². The smallest absolute Gasteiger partial charge is 0.338 e. The molecule has 0 bridgehead atoms. The fraction of sp³-hybridized carbons (Fsp3) is 0.529. The van der Waals surface area contributed by atoms with Crippen LogP contribution in [0.3, 0.4) is 0 Å². The Morgan fingerprint density at radius 3 is 2.44 bits per heavy atom. The number of amides is 1. The number of hydroxylamine groups is 1. The Labute approximate surface area is 159 Å². The van der Waals surface area contributed by atoms with Crippen molar-refractivity contribution in [3.05, 3.63) is 23.8 Å². The van der Waals surface area contributed by atoms with E-state index in [0.29, 0.717) is 16.9 Å². The molecular weight excluding hydrogens is 376 g/mol. The summed E-state index contributed by atoms with van der Waals surface area (Å²) in [7, 11) is -0.330. The molecule has 1 amide bonds. The molecule has 0 atom stereocenters. The second-order valence-electron chi connectivity index (χ2n) is 6.07. The number of carbonyl (C=O) groups excluding carboxylic acids is 2. The summed E-state index contributed by atoms with van der Waals surface area (Å²) in [6.07, 6.45) is 0.812. The summed E-state index contributed by atoms with van der Waals surface area (Å²) < 4.78 is 35.6. The van der Waals surface area contributed by atoms with E-state index in [1.54, 1.807) is 0 Å². The first-order valence-electron chi connectivity index (χ1n) is 8.28. The number of ether oxygens (including phenoxy) is 2. The molecule has 9 nitrogen and oxygen atoms in total. The molecule has 1 rings (SSSR count). The first kappa shape index (κ1) is 22.9. The van der Waals surface area contributed by atoms with Gasteiger partial charge in [0.05, 0.1) is 19.8 Å². The molecule has 0 aliphatic rings. The van der Waals surface area contributed by atoms with Gasteiger partial charge in [0.2, 0.25) is 0 Å². The highest BCUT2D eigenvalue weighted by molar-refractivity contribution is 7.89. The predicted octanol–water partition coefficient (Wildman–Crippen LogP) is 1.20. The van der Waals surface area contributed by atoms with Crippen LogP contribution in [0.25, 0.3) is 0 Å². The van der Waals surface area contributed by atoms with Crippen molar-refractivity contribution >= 4 is 21.9 Å². The van der Waals surface area contributed by atoms with Crippen molar-refractivity contribution in [3.8, 4) is 5.75 Å². The summed E-state index contributed by atoms with van der Waals surface area (Å²) in [4.78, 5) is 28.3. The molecule has 0 fully saturated rings. The molecule has 27 heavy (non-hydrogen) atoms. The van der Waals surface area contributed by atoms with Gasteiger partial charge in [-0.3, -0.25) is 9.63 Å². The maximum absolute atomic E-state index is 12.5. The molecule has 0 aliphatic heterocycles. The maximum atomic E-state index is 12.5. The van der Waals surface area contributed by atoms with Gasteiger partial charge in [0.15, 0.2) is 6.61 Å². The van der Waals surface area contributed by atoms with E-state index >= 15 is 0 Å². The minimum absolute atomic E-state index is 0.0335. The van der Waals surface area contributed by atoms with Crippen LogP contribution >= 0.6 is 0 Å². The molecule has 1 aromatic carbocycles. The molecule has 0 unspecified atom stereocenters. The lowest BCUT2D eigenvalue weighted by atomic mass is 10.1. The lowest BCUT2D eigenvalue weighted by Gasteiger charge is -2.17. The SMILES string of the molecule is COc1ccc(C(=O)OCC(=O)NCCC(C)C)cc1S(=O)(=O)N(C)OC. The second-order valence-corrected chi connectivity index (χ2v) is 7.98. The van der Waals surface area contributed by atoms with Gasteiger partial charge in [0.1, 0.15) is 10.6 Å². The van der Waals surface area contributed by atoms with Crippen LogP contribution in [0.1, 0.15) is 30.6 Å². The number of nitrogens with one attached hydrogen (secondary N) is 1. The summed E-state index contributed by atoms with van der Waals surface area (Å²) in [6.45, 7) is 4.09. The number of hydrogen-bond donors (Lipinski definition) is 1. The van der Waals surface area contributed by atoms with Gasteiger partial charge >= 0.3 is 5.97 Å². The summed E-state index contributed by atoms with van der Waals surface area (Å²) in [6, 6.07) is 3.79. The molecule has 152 valence electrons. The number of esters is 1. The standard InChI is InChI=1S/C17H26N2O7S/c1-12(2)8-9-18-16(20)11-26-17(21)13-6-7-14(24-4)15(10-13)27(22,23)19(3)25-5/h6-7,10,12H,8-9,11H2,1-5H3,(H,18,20). The van der Waals surface area contributed by atoms with Crippen LogP contribution < -0.4 is 10.1 Å². The highest BCUT2D eigenvalue weighted by Crippen LogP contribution is 2.27. The Kier molecular flexibility index (Phi) is 8.67. The van der Waals surface area contributed by atoms with Gasteiger partial charge < -0.3 is 14.8 Å². The second kappa shape index (κ2) is 10.2. The normalized spacial score (nSPS) is 11.5. The Bertz CT molecular complexity index is 763. The number of benzene rings is 1. The minimum atomic E-state index is -4.04. The first-order chi connectivity index (χ1) is 12.6. The molecule has 1 aromatic rings. The van der Waals surface area contributed by atoms with Gasteiger partial charge in [-0.1, -0.05) is 18.3 Å². The zero-order chi connectivity index (χ0) is 20.6. The number of methoxy groups -OCH3 is 1. The summed E-state index contributed by atoms with van der Waals surface area (Å²) in [5.41, 5.74) is -0.0335. The van der Waals surface area contributed by atoms with Gasteiger partial charge in [-0.25, -0.2) is 13.2 Å². The third kappa shape index (κ3) is 6.49. The van der Waals surface area contributed by atoms with E-state index < -0.39 is 28.5 Å². The van der Waals surface area contributed by atoms with Crippen LogP contribution in [0.2, 0.25) is 0 Å². The maximum Gasteiger partial charge on any atom is 0.338 e. The van der Waals surface area contributed by atoms with Crippen molar-refractivity contribution < 1.29 is 32.3 Å². The molecule has 0 aliphatic carbocycles. The topological polar surface area (TPSA) is 111 Å². The number of rotatable bonds is 10. The lowest BCUT2D eigenvalue weighted by Crippen LogP contribution is -2.30. The summed E-state index contributed by atoms with van der Waals surface area (Å²) in [5, 5.41) is 2.64. The van der Waals surface area contributed by atoms with Crippen LogP contribution in [0.15, 0.2) is 23.1 Å². The molecule has 1 N–H and O–H groups in total. The third-order valence-electron chi connectivity index (χ3n) is 3.65. The van der Waals surface area contributed by atoms with Crippen molar-refractivity contribution in [1.29, 1.82) is 0 Å². The largest absolute Gasteiger partial charge is 0.495 e. The van der Waals surface area contributed by atoms with Crippen molar-refractivity contribution in [3.63, 3.8) is 0 Å². The number of sulfonamides is 1. The molecular formula is C17H26N2O7S. The van der Waals surface area contributed by atoms with Crippen LogP contribution in [0, 0.1) is 5.92 Å². The van der Waals surface area contributed by atoms with Crippen LogP contribution in [-0.4, -0.2) is 59.2 Å². The van der Waals surface area contributed by atoms with E-state index in [1.807, 2.05) is 13.8 Å². The predicted molar refractivity (Wildman–Crippen MR) is 97.7 cm³/mol. The minimum Gasteiger partial charge on any atom is -0.495 e. The molecule has 10 heteroatoms. The Hall–Kier alpha value is -2.17. The zero-order valence-electron chi connectivity index (χ0n) is 16.1. The van der Waals surface area contributed by atoms with Crippen molar-refractivity contribution in [1.82, 2.24) is 9.79 Å². The van der Waals surface area contributed by atoms with Gasteiger partial charge in [-0.05, 0) is 30.5 Å². The summed E-state index contributed by atoms with van der Waals surface area (Å²) >= 11 is 0. The van der Waals surface area contributed by atoms with E-state index in [0.717, 1.165) is 12.5 Å². The highest BCUT2D eigenvalue weighted by atomic mass is 32.2. The van der Waals surface area contributed by atoms with Crippen molar-refractivity contribution in [2.24, 2.45) is 5.92 Å². The van der Waals surface area contributed by atoms with Crippen LogP contribution in [0.5, 0.6) is 5.75 Å². The van der Waals surface area contributed by atoms with Gasteiger partial charge in [0, 0.05) is 13.6 Å². The van der Waals surface area contributed by atoms with E-state index in [1.165, 1.54) is 33.4 Å². The quantitative estimate of drug-likeness (QED) is 0.462. The molecule has 0 radical (unpaired) electrons. The fourth-order valence-corrected chi connectivity index (χ4v) is 3.16. The number of nitrogens with zero attached hydrogens (tertiary/aromatic N) is 1. The van der Waals surface area contributed by atoms with E-state index in [2.05, 4.69) is 5.32 Å². The molecule has 0 saturated heterocycles. The number of hydrogen-bond acceptors (Lipinski definition) is 7. The van der Waals surface area contributed by atoms with E-state index in [9.17, 15) is 18.0 Å². The molecule has 0 spiro atoms. The molecule has 0 saturated carbocycles. The first-order valence-corrected chi connectivity index (χ1v) is 9.72. The average Bonchev–Trinajstić information content (AvgIpc) is 2.64. The van der Waals surface area contributed by atoms with Gasteiger partial charge in [0.25, 0.3) is 15.9 Å². The number of carbonyl (C=O) groups is 2. The molecule has 0 heterocycles. The monoisotopic (exact) mass is 402 g/mol. The zero-order valence-corrected chi connectivity index (χ0v) is 17.0. The molecule has 0 aromatic heterocycles. The van der Waals surface area contributed by atoms with Gasteiger partial charge in [-0.15, -0.1) is 0 Å². The Morgan fingerprint density at radius 1 is 1.22 bits per heavy atom. The fourth-order valence-electron chi connectivity index (χ4n) is 2.01. The van der Waals surface area contributed by atoms with Gasteiger partial charge in [-0.2, -0.15) is 0 Å². The van der Waals surface area contributed by atoms with E-state index in [4.69, 9.17) is 14.3 Å². The lowest BCUT2D eigenvalue weighted by molar-refractivity contribution is -0.124. The van der Waals surface area contributed by atoms with Crippen molar-refractivity contribution in [2.75, 3.05) is 34.4 Å². The third-order valence-corrected chi connectivity index (χ3v) is 5.35. The Morgan fingerprint density at radius 2 is 1.89 bits per heavy atom. The highest BCUT2D eigenvalue weighted by Gasteiger charge is 2.27. The summed E-state index contributed by atoms with van der Waals surface area (Å²) in [5.74, 6) is -0.766. The van der Waals surface area contributed by atoms with Crippen molar-refractivity contribution in [2.45, 2.75) is 25.2 Å². The Balaban J connectivity index is 2.87. The average molecular weight is 402 g/mol. The van der Waals surface area contributed by atoms with E-state index in [-0.39, 0.29) is 16.2 Å². The van der Waals surface area contributed by atoms with Crippen LogP contribution in [-0.2, 0) is 24.4 Å².